The number of rotatable bonds is 3. The molecule has 0 aliphatic rings. The summed E-state index contributed by atoms with van der Waals surface area (Å²) in [4.78, 5) is 14.1. The van der Waals surface area contributed by atoms with E-state index < -0.39 is 6.09 Å². The molecule has 0 heterocycles. The molecule has 0 radical (unpaired) electrons. The minimum atomic E-state index is -0.612. The van der Waals surface area contributed by atoms with Crippen molar-refractivity contribution in [3.05, 3.63) is 0 Å². The third-order valence-corrected chi connectivity index (χ3v) is 1.33. The zero-order chi connectivity index (χ0) is 9.56. The van der Waals surface area contributed by atoms with Crippen LogP contribution in [0.25, 0.3) is 0 Å². The first kappa shape index (κ1) is 10.7. The van der Waals surface area contributed by atoms with Crippen molar-refractivity contribution < 1.29 is 9.53 Å². The molecule has 1 amide bonds. The van der Waals surface area contributed by atoms with Crippen LogP contribution in [0.4, 0.5) is 4.79 Å². The van der Waals surface area contributed by atoms with Crippen LogP contribution < -0.4 is 0 Å². The predicted octanol–water partition coefficient (Wildman–Crippen LogP) is 0.0975. The smallest absolute Gasteiger partial charge is 0.333 e. The molecule has 0 aliphatic heterocycles. The van der Waals surface area contributed by atoms with Crippen LogP contribution in [0.2, 0.25) is 0 Å². The molecule has 0 spiro atoms. The standard InChI is InChI=1S/C7H13N3O2/c1-9(2)4-5-10(3)7(11)12-6-8/h4-5H2,1-3H3. The van der Waals surface area contributed by atoms with Crippen LogP contribution in [-0.4, -0.2) is 50.1 Å². The number of likely N-dealkylation sites (N-methyl/N-ethyl adjacent to an activating group) is 2. The average molecular weight is 171 g/mol. The van der Waals surface area contributed by atoms with Gasteiger partial charge in [-0.2, -0.15) is 0 Å². The molecular weight excluding hydrogens is 158 g/mol. The van der Waals surface area contributed by atoms with Gasteiger partial charge < -0.3 is 14.5 Å². The van der Waals surface area contributed by atoms with E-state index in [0.717, 1.165) is 6.54 Å². The van der Waals surface area contributed by atoms with Crippen molar-refractivity contribution in [3.8, 4) is 6.26 Å². The Labute approximate surface area is 72.1 Å². The van der Waals surface area contributed by atoms with Crippen molar-refractivity contribution >= 4 is 6.09 Å². The molecule has 0 atom stereocenters. The topological polar surface area (TPSA) is 56.6 Å². The lowest BCUT2D eigenvalue weighted by Crippen LogP contribution is -2.33. The highest BCUT2D eigenvalue weighted by Gasteiger charge is 2.08. The fourth-order valence-electron chi connectivity index (χ4n) is 0.558. The minimum absolute atomic E-state index is 0.549. The van der Waals surface area contributed by atoms with Crippen molar-refractivity contribution in [2.45, 2.75) is 0 Å². The zero-order valence-corrected chi connectivity index (χ0v) is 7.57. The van der Waals surface area contributed by atoms with Gasteiger partial charge in [0.15, 0.2) is 0 Å². The van der Waals surface area contributed by atoms with Gasteiger partial charge in [0.1, 0.15) is 0 Å². The molecular formula is C7H13N3O2. The van der Waals surface area contributed by atoms with Crippen molar-refractivity contribution in [1.82, 2.24) is 9.80 Å². The van der Waals surface area contributed by atoms with Gasteiger partial charge >= 0.3 is 6.09 Å². The average Bonchev–Trinajstić information content (AvgIpc) is 2.00. The first-order chi connectivity index (χ1) is 5.57. The van der Waals surface area contributed by atoms with E-state index in [0.29, 0.717) is 6.54 Å². The summed E-state index contributed by atoms with van der Waals surface area (Å²) < 4.78 is 4.11. The number of nitrogens with zero attached hydrogens (tertiary/aromatic N) is 3. The molecule has 0 rings (SSSR count). The Kier molecular flexibility index (Phi) is 4.81. The Hall–Kier alpha value is -1.28. The maximum Gasteiger partial charge on any atom is 0.425 e. The van der Waals surface area contributed by atoms with Crippen LogP contribution in [0.5, 0.6) is 0 Å². The van der Waals surface area contributed by atoms with Crippen molar-refractivity contribution in [1.29, 1.82) is 5.26 Å². The first-order valence-electron chi connectivity index (χ1n) is 3.53. The van der Waals surface area contributed by atoms with E-state index in [9.17, 15) is 4.79 Å². The van der Waals surface area contributed by atoms with E-state index in [4.69, 9.17) is 5.26 Å². The Morgan fingerprint density at radius 3 is 2.42 bits per heavy atom. The zero-order valence-electron chi connectivity index (χ0n) is 7.57. The largest absolute Gasteiger partial charge is 0.425 e. The SMILES string of the molecule is CN(C)CCN(C)C(=O)OC#N. The van der Waals surface area contributed by atoms with Crippen LogP contribution in [0.3, 0.4) is 0 Å². The number of ether oxygens (including phenoxy) is 1. The van der Waals surface area contributed by atoms with Crippen LogP contribution >= 0.6 is 0 Å². The fourth-order valence-corrected chi connectivity index (χ4v) is 0.558. The molecule has 0 unspecified atom stereocenters. The van der Waals surface area contributed by atoms with E-state index in [2.05, 4.69) is 4.74 Å². The van der Waals surface area contributed by atoms with Crippen LogP contribution in [-0.2, 0) is 4.74 Å². The summed E-state index contributed by atoms with van der Waals surface area (Å²) in [6.07, 6.45) is 0.719. The van der Waals surface area contributed by atoms with E-state index >= 15 is 0 Å². The molecule has 0 fully saturated rings. The van der Waals surface area contributed by atoms with Gasteiger partial charge in [0, 0.05) is 20.1 Å². The second-order valence-electron chi connectivity index (χ2n) is 2.68. The number of carbonyl (C=O) groups excluding carboxylic acids is 1. The third kappa shape index (κ3) is 4.52. The second kappa shape index (κ2) is 5.38. The van der Waals surface area contributed by atoms with E-state index in [1.807, 2.05) is 19.0 Å². The number of nitriles is 1. The summed E-state index contributed by atoms with van der Waals surface area (Å²) in [7, 11) is 5.40. The Balaban J connectivity index is 3.65. The van der Waals surface area contributed by atoms with E-state index in [1.165, 1.54) is 11.2 Å². The highest BCUT2D eigenvalue weighted by molar-refractivity contribution is 5.68. The third-order valence-electron chi connectivity index (χ3n) is 1.33. The Morgan fingerprint density at radius 1 is 1.42 bits per heavy atom. The summed E-state index contributed by atoms with van der Waals surface area (Å²) >= 11 is 0. The molecule has 12 heavy (non-hydrogen) atoms. The minimum Gasteiger partial charge on any atom is -0.333 e. The predicted molar refractivity (Wildman–Crippen MR) is 43.3 cm³/mol. The van der Waals surface area contributed by atoms with Crippen molar-refractivity contribution in [3.63, 3.8) is 0 Å². The number of amides is 1. The molecule has 0 N–H and O–H groups in total. The highest BCUT2D eigenvalue weighted by atomic mass is 16.5. The van der Waals surface area contributed by atoms with Crippen LogP contribution in [0, 0.1) is 11.5 Å². The monoisotopic (exact) mass is 171 g/mol. The molecule has 5 heteroatoms. The first-order valence-corrected chi connectivity index (χ1v) is 3.53. The summed E-state index contributed by atoms with van der Waals surface area (Å²) in [5.41, 5.74) is 0. The lowest BCUT2D eigenvalue weighted by molar-refractivity contribution is 0.149. The molecule has 68 valence electrons. The second-order valence-corrected chi connectivity index (χ2v) is 2.68. The Morgan fingerprint density at radius 2 is 2.00 bits per heavy atom. The van der Waals surface area contributed by atoms with Crippen molar-refractivity contribution in [2.24, 2.45) is 0 Å². The van der Waals surface area contributed by atoms with Gasteiger partial charge in [0.05, 0.1) is 0 Å². The fraction of sp³-hybridized carbons (Fsp3) is 0.714. The van der Waals surface area contributed by atoms with Gasteiger partial charge in [0.25, 0.3) is 6.26 Å². The molecule has 0 aromatic carbocycles. The lowest BCUT2D eigenvalue weighted by Gasteiger charge is -2.16. The molecule has 0 aliphatic carbocycles. The summed E-state index contributed by atoms with van der Waals surface area (Å²) in [5, 5.41) is 8.03. The van der Waals surface area contributed by atoms with Gasteiger partial charge in [-0.25, -0.2) is 4.79 Å². The maximum atomic E-state index is 10.8. The van der Waals surface area contributed by atoms with Gasteiger partial charge in [-0.05, 0) is 14.1 Å². The summed E-state index contributed by atoms with van der Waals surface area (Å²) in [6.45, 7) is 1.30. The molecule has 0 saturated carbocycles. The van der Waals surface area contributed by atoms with Crippen LogP contribution in [0.1, 0.15) is 0 Å². The number of carbonyl (C=O) groups is 1. The lowest BCUT2D eigenvalue weighted by atomic mass is 10.5. The van der Waals surface area contributed by atoms with Gasteiger partial charge in [-0.15, -0.1) is 5.26 Å². The molecule has 0 aromatic rings. The Bertz CT molecular complexity index is 186. The summed E-state index contributed by atoms with van der Waals surface area (Å²) in [5.74, 6) is 0. The van der Waals surface area contributed by atoms with Crippen LogP contribution in [0.15, 0.2) is 0 Å². The highest BCUT2D eigenvalue weighted by Crippen LogP contribution is 1.88. The van der Waals surface area contributed by atoms with Gasteiger partial charge in [-0.1, -0.05) is 0 Å². The van der Waals surface area contributed by atoms with Crippen molar-refractivity contribution in [2.75, 3.05) is 34.2 Å². The normalized spacial score (nSPS) is 9.25. The number of hydrogen-bond donors (Lipinski definition) is 0. The molecule has 0 bridgehead atoms. The van der Waals surface area contributed by atoms with E-state index in [-0.39, 0.29) is 0 Å². The quantitative estimate of drug-likeness (QED) is 0.565. The number of hydrogen-bond acceptors (Lipinski definition) is 4. The van der Waals surface area contributed by atoms with Gasteiger partial charge in [-0.3, -0.25) is 0 Å². The summed E-state index contributed by atoms with van der Waals surface area (Å²) in [6, 6.07) is 0. The molecule has 0 aromatic heterocycles. The maximum absolute atomic E-state index is 10.8. The molecule has 0 saturated heterocycles. The molecule has 5 nitrogen and oxygen atoms in total. The van der Waals surface area contributed by atoms with E-state index in [1.54, 1.807) is 7.05 Å². The van der Waals surface area contributed by atoms with Gasteiger partial charge in [0.2, 0.25) is 0 Å².